The van der Waals surface area contributed by atoms with Gasteiger partial charge in [0.2, 0.25) is 0 Å². The summed E-state index contributed by atoms with van der Waals surface area (Å²) in [6.45, 7) is 2.61. The summed E-state index contributed by atoms with van der Waals surface area (Å²) in [4.78, 5) is 28.6. The van der Waals surface area contributed by atoms with Crippen LogP contribution in [0.2, 0.25) is 0 Å². The second-order valence-corrected chi connectivity index (χ2v) is 7.23. The van der Waals surface area contributed by atoms with E-state index >= 15 is 0 Å². The topological polar surface area (TPSA) is 96.0 Å². The highest BCUT2D eigenvalue weighted by atomic mass is 16.5. The maximum atomic E-state index is 12.9. The fourth-order valence-electron chi connectivity index (χ4n) is 2.99. The number of carbonyl (C=O) groups excluding carboxylic acids is 2. The summed E-state index contributed by atoms with van der Waals surface area (Å²) in [6.07, 6.45) is 1.12. The Kier molecular flexibility index (Phi) is 8.37. The van der Waals surface area contributed by atoms with E-state index in [2.05, 4.69) is 15.0 Å². The molecule has 172 valence electrons. The number of nitrogens with zero attached hydrogens (tertiary/aromatic N) is 1. The minimum atomic E-state index is -0.504. The number of esters is 1. The highest BCUT2D eigenvalue weighted by Crippen LogP contribution is 2.25. The number of hydrogen-bond donors (Lipinski definition) is 1. The molecule has 1 unspecified atom stereocenters. The van der Waals surface area contributed by atoms with E-state index in [1.54, 1.807) is 25.3 Å². The highest BCUT2D eigenvalue weighted by molar-refractivity contribution is 6.04. The molecule has 0 aliphatic heterocycles. The predicted octanol–water partition coefficient (Wildman–Crippen LogP) is 4.11. The molecule has 2 aromatic carbocycles. The van der Waals surface area contributed by atoms with Crippen LogP contribution >= 0.6 is 0 Å². The lowest BCUT2D eigenvalue weighted by atomic mass is 10.1. The summed E-state index contributed by atoms with van der Waals surface area (Å²) >= 11 is 0. The number of methoxy groups -OCH3 is 2. The molecule has 8 heteroatoms. The number of hydrogen-bond acceptors (Lipinski definition) is 7. The third-order valence-corrected chi connectivity index (χ3v) is 4.56. The van der Waals surface area contributed by atoms with Gasteiger partial charge in [-0.1, -0.05) is 30.3 Å². The van der Waals surface area contributed by atoms with Gasteiger partial charge in [-0.25, -0.2) is 9.78 Å². The second-order valence-electron chi connectivity index (χ2n) is 7.23. The molecule has 0 saturated carbocycles. The van der Waals surface area contributed by atoms with E-state index in [0.29, 0.717) is 36.1 Å². The number of ether oxygens (including phenoxy) is 4. The zero-order valence-corrected chi connectivity index (χ0v) is 18.7. The summed E-state index contributed by atoms with van der Waals surface area (Å²) in [5, 5.41) is 2.71. The Morgan fingerprint density at radius 2 is 1.73 bits per heavy atom. The Hall–Kier alpha value is -3.91. The molecule has 0 aliphatic rings. The average molecular weight is 450 g/mol. The maximum absolute atomic E-state index is 12.9. The largest absolute Gasteiger partial charge is 0.489 e. The van der Waals surface area contributed by atoms with Crippen LogP contribution in [0.3, 0.4) is 0 Å². The first-order valence-electron chi connectivity index (χ1n) is 10.3. The van der Waals surface area contributed by atoms with Gasteiger partial charge in [0.15, 0.2) is 0 Å². The SMILES string of the molecule is COCC(C)Oc1cc(OCc2ccccc2)cc(C(=O)Nc2ccc(C(=O)OC)cn2)c1. The van der Waals surface area contributed by atoms with Crippen LogP contribution in [0.25, 0.3) is 0 Å². The zero-order valence-electron chi connectivity index (χ0n) is 18.7. The molecule has 33 heavy (non-hydrogen) atoms. The fraction of sp³-hybridized carbons (Fsp3) is 0.240. The summed E-state index contributed by atoms with van der Waals surface area (Å²) in [6, 6.07) is 17.8. The molecular formula is C25H26N2O6. The Balaban J connectivity index is 1.78. The number of amides is 1. The van der Waals surface area contributed by atoms with E-state index in [0.717, 1.165) is 5.56 Å². The molecule has 0 radical (unpaired) electrons. The summed E-state index contributed by atoms with van der Waals surface area (Å²) in [7, 11) is 2.88. The van der Waals surface area contributed by atoms with Gasteiger partial charge in [-0.3, -0.25) is 4.79 Å². The Morgan fingerprint density at radius 3 is 2.39 bits per heavy atom. The second kappa shape index (κ2) is 11.6. The molecule has 3 rings (SSSR count). The van der Waals surface area contributed by atoms with E-state index in [1.165, 1.54) is 25.4 Å². The van der Waals surface area contributed by atoms with Crippen LogP contribution in [0.5, 0.6) is 11.5 Å². The standard InChI is InChI=1S/C25H26N2O6/c1-17(15-30-2)33-22-12-20(11-21(13-22)32-16-18-7-5-4-6-8-18)24(28)27-23-10-9-19(14-26-23)25(29)31-3/h4-14,17H,15-16H2,1-3H3,(H,26,27,28). The van der Waals surface area contributed by atoms with Crippen molar-refractivity contribution in [1.82, 2.24) is 4.98 Å². The number of pyridine rings is 1. The van der Waals surface area contributed by atoms with Crippen molar-refractivity contribution in [1.29, 1.82) is 0 Å². The fourth-order valence-corrected chi connectivity index (χ4v) is 2.99. The van der Waals surface area contributed by atoms with Crippen LogP contribution in [-0.4, -0.2) is 43.8 Å². The first kappa shape index (κ1) is 23.7. The Morgan fingerprint density at radius 1 is 0.970 bits per heavy atom. The molecule has 0 fully saturated rings. The van der Waals surface area contributed by atoms with Gasteiger partial charge in [-0.15, -0.1) is 0 Å². The molecule has 0 spiro atoms. The van der Waals surface area contributed by atoms with E-state index in [-0.39, 0.29) is 11.7 Å². The van der Waals surface area contributed by atoms with Gasteiger partial charge in [0, 0.05) is 24.9 Å². The molecular weight excluding hydrogens is 424 g/mol. The van der Waals surface area contributed by atoms with Crippen LogP contribution in [0, 0.1) is 0 Å². The van der Waals surface area contributed by atoms with Crippen molar-refractivity contribution in [2.24, 2.45) is 0 Å². The predicted molar refractivity (Wildman–Crippen MR) is 123 cm³/mol. The van der Waals surface area contributed by atoms with E-state index in [4.69, 9.17) is 14.2 Å². The van der Waals surface area contributed by atoms with E-state index in [9.17, 15) is 9.59 Å². The Labute approximate surface area is 192 Å². The minimum absolute atomic E-state index is 0.220. The lowest BCUT2D eigenvalue weighted by molar-refractivity contribution is 0.0600. The third-order valence-electron chi connectivity index (χ3n) is 4.56. The van der Waals surface area contributed by atoms with Crippen molar-refractivity contribution in [3.05, 3.63) is 83.6 Å². The normalized spacial score (nSPS) is 11.4. The molecule has 0 saturated heterocycles. The minimum Gasteiger partial charge on any atom is -0.489 e. The van der Waals surface area contributed by atoms with Crippen LogP contribution in [0.15, 0.2) is 66.9 Å². The molecule has 0 aliphatic carbocycles. The lowest BCUT2D eigenvalue weighted by Crippen LogP contribution is -2.19. The van der Waals surface area contributed by atoms with Gasteiger partial charge in [0.1, 0.15) is 30.0 Å². The first-order chi connectivity index (χ1) is 16.0. The van der Waals surface area contributed by atoms with Crippen molar-refractivity contribution in [2.45, 2.75) is 19.6 Å². The molecule has 0 bridgehead atoms. The quantitative estimate of drug-likeness (QED) is 0.464. The molecule has 1 atom stereocenters. The van der Waals surface area contributed by atoms with E-state index < -0.39 is 11.9 Å². The monoisotopic (exact) mass is 450 g/mol. The van der Waals surface area contributed by atoms with Crippen molar-refractivity contribution in [3.63, 3.8) is 0 Å². The molecule has 1 heterocycles. The first-order valence-corrected chi connectivity index (χ1v) is 10.3. The van der Waals surface area contributed by atoms with Gasteiger partial charge in [-0.05, 0) is 36.8 Å². The molecule has 1 aromatic heterocycles. The van der Waals surface area contributed by atoms with Crippen molar-refractivity contribution < 1.29 is 28.5 Å². The van der Waals surface area contributed by atoms with Gasteiger partial charge in [-0.2, -0.15) is 0 Å². The molecule has 8 nitrogen and oxygen atoms in total. The number of carbonyl (C=O) groups is 2. The average Bonchev–Trinajstić information content (AvgIpc) is 2.83. The van der Waals surface area contributed by atoms with E-state index in [1.807, 2.05) is 37.3 Å². The Bertz CT molecular complexity index is 1070. The van der Waals surface area contributed by atoms with Gasteiger partial charge >= 0.3 is 5.97 Å². The number of anilines is 1. The zero-order chi connectivity index (χ0) is 23.6. The maximum Gasteiger partial charge on any atom is 0.339 e. The third kappa shape index (κ3) is 7.05. The molecule has 1 N–H and O–H groups in total. The molecule has 3 aromatic rings. The number of rotatable bonds is 10. The van der Waals surface area contributed by atoms with Crippen LogP contribution in [0.4, 0.5) is 5.82 Å². The van der Waals surface area contributed by atoms with Crippen LogP contribution in [-0.2, 0) is 16.1 Å². The van der Waals surface area contributed by atoms with Crippen LogP contribution < -0.4 is 14.8 Å². The summed E-state index contributed by atoms with van der Waals surface area (Å²) < 4.78 is 21.6. The molecule has 1 amide bonds. The summed E-state index contributed by atoms with van der Waals surface area (Å²) in [5.74, 6) is 0.348. The highest BCUT2D eigenvalue weighted by Gasteiger charge is 2.14. The number of benzene rings is 2. The van der Waals surface area contributed by atoms with Gasteiger partial charge in [0.05, 0.1) is 19.3 Å². The van der Waals surface area contributed by atoms with Gasteiger partial charge < -0.3 is 24.3 Å². The smallest absolute Gasteiger partial charge is 0.339 e. The van der Waals surface area contributed by atoms with Crippen molar-refractivity contribution in [3.8, 4) is 11.5 Å². The van der Waals surface area contributed by atoms with Crippen molar-refractivity contribution in [2.75, 3.05) is 26.1 Å². The number of nitrogens with one attached hydrogen (secondary N) is 1. The summed E-state index contributed by atoms with van der Waals surface area (Å²) in [5.41, 5.74) is 1.62. The lowest BCUT2D eigenvalue weighted by Gasteiger charge is -2.16. The van der Waals surface area contributed by atoms with Crippen LogP contribution in [0.1, 0.15) is 33.2 Å². The number of aromatic nitrogens is 1. The van der Waals surface area contributed by atoms with Gasteiger partial charge in [0.25, 0.3) is 5.91 Å². The van der Waals surface area contributed by atoms with Crippen molar-refractivity contribution >= 4 is 17.7 Å².